The first kappa shape index (κ1) is 13.8. The average molecular weight is 281 g/mol. The van der Waals surface area contributed by atoms with E-state index in [2.05, 4.69) is 12.1 Å². The molecule has 3 heteroatoms. The first-order valence-electron chi connectivity index (χ1n) is 7.26. The Labute approximate surface area is 124 Å². The molecule has 0 bridgehead atoms. The van der Waals surface area contributed by atoms with Crippen LogP contribution in [0.3, 0.4) is 0 Å². The Morgan fingerprint density at radius 3 is 2.57 bits per heavy atom. The molecular weight excluding hydrogens is 262 g/mol. The first-order chi connectivity index (χ1) is 10.2. The molecule has 1 amide bonds. The van der Waals surface area contributed by atoms with Crippen LogP contribution in [0.4, 0.5) is 0 Å². The van der Waals surface area contributed by atoms with Gasteiger partial charge in [-0.25, -0.2) is 0 Å². The largest absolute Gasteiger partial charge is 0.378 e. The maximum Gasteiger partial charge on any atom is 0.256 e. The Hall–Kier alpha value is -2.13. The van der Waals surface area contributed by atoms with Crippen LogP contribution in [0.2, 0.25) is 0 Å². The molecule has 0 aromatic heterocycles. The SMILES string of the molecule is CN(C(=O)C(O)c1ccccc1)C1CCc2ccccc21. The second-order valence-electron chi connectivity index (χ2n) is 5.52. The van der Waals surface area contributed by atoms with Crippen LogP contribution in [0, 0.1) is 0 Å². The van der Waals surface area contributed by atoms with Crippen molar-refractivity contribution < 1.29 is 9.90 Å². The summed E-state index contributed by atoms with van der Waals surface area (Å²) < 4.78 is 0. The minimum atomic E-state index is -1.09. The number of carbonyl (C=O) groups is 1. The molecule has 1 aliphatic rings. The minimum absolute atomic E-state index is 0.0621. The first-order valence-corrected chi connectivity index (χ1v) is 7.26. The van der Waals surface area contributed by atoms with Gasteiger partial charge in [0, 0.05) is 7.05 Å². The monoisotopic (exact) mass is 281 g/mol. The van der Waals surface area contributed by atoms with Gasteiger partial charge in [-0.15, -0.1) is 0 Å². The lowest BCUT2D eigenvalue weighted by molar-refractivity contribution is -0.141. The van der Waals surface area contributed by atoms with E-state index < -0.39 is 6.10 Å². The van der Waals surface area contributed by atoms with Gasteiger partial charge in [-0.05, 0) is 29.5 Å². The van der Waals surface area contributed by atoms with Gasteiger partial charge >= 0.3 is 0 Å². The molecule has 2 aromatic rings. The quantitative estimate of drug-likeness (QED) is 0.939. The van der Waals surface area contributed by atoms with Crippen molar-refractivity contribution in [1.29, 1.82) is 0 Å². The van der Waals surface area contributed by atoms with Gasteiger partial charge < -0.3 is 10.0 Å². The van der Waals surface area contributed by atoms with Crippen molar-refractivity contribution in [2.24, 2.45) is 0 Å². The molecule has 1 N–H and O–H groups in total. The number of nitrogens with zero attached hydrogens (tertiary/aromatic N) is 1. The highest BCUT2D eigenvalue weighted by Gasteiger charge is 2.31. The van der Waals surface area contributed by atoms with Crippen molar-refractivity contribution in [3.63, 3.8) is 0 Å². The number of hydrogen-bond donors (Lipinski definition) is 1. The van der Waals surface area contributed by atoms with Crippen LogP contribution in [0.25, 0.3) is 0 Å². The smallest absolute Gasteiger partial charge is 0.256 e. The minimum Gasteiger partial charge on any atom is -0.378 e. The van der Waals surface area contributed by atoms with Gasteiger partial charge in [0.05, 0.1) is 6.04 Å². The maximum absolute atomic E-state index is 12.5. The van der Waals surface area contributed by atoms with Gasteiger partial charge in [0.1, 0.15) is 0 Å². The number of fused-ring (bicyclic) bond motifs is 1. The lowest BCUT2D eigenvalue weighted by Crippen LogP contribution is -2.34. The van der Waals surface area contributed by atoms with Crippen molar-refractivity contribution in [2.75, 3.05) is 7.05 Å². The highest BCUT2D eigenvalue weighted by molar-refractivity contribution is 5.82. The molecule has 2 atom stereocenters. The van der Waals surface area contributed by atoms with Crippen molar-refractivity contribution in [2.45, 2.75) is 25.0 Å². The van der Waals surface area contributed by atoms with Gasteiger partial charge in [-0.1, -0.05) is 54.6 Å². The highest BCUT2D eigenvalue weighted by atomic mass is 16.3. The van der Waals surface area contributed by atoms with Crippen LogP contribution in [0.5, 0.6) is 0 Å². The molecule has 0 saturated heterocycles. The third-order valence-corrected chi connectivity index (χ3v) is 4.27. The molecule has 1 aliphatic carbocycles. The Kier molecular flexibility index (Phi) is 3.76. The molecular formula is C18H19NO2. The van der Waals surface area contributed by atoms with E-state index in [9.17, 15) is 9.90 Å². The average Bonchev–Trinajstić information content (AvgIpc) is 2.97. The summed E-state index contributed by atoms with van der Waals surface area (Å²) in [6, 6.07) is 17.4. The van der Waals surface area contributed by atoms with E-state index in [-0.39, 0.29) is 11.9 Å². The highest BCUT2D eigenvalue weighted by Crippen LogP contribution is 2.35. The Balaban J connectivity index is 1.80. The third kappa shape index (κ3) is 2.57. The van der Waals surface area contributed by atoms with Crippen LogP contribution in [0.15, 0.2) is 54.6 Å². The zero-order valence-corrected chi connectivity index (χ0v) is 12.1. The topological polar surface area (TPSA) is 40.5 Å². The maximum atomic E-state index is 12.5. The van der Waals surface area contributed by atoms with E-state index in [0.29, 0.717) is 5.56 Å². The number of aliphatic hydroxyl groups is 1. The molecule has 3 rings (SSSR count). The molecule has 108 valence electrons. The number of amides is 1. The van der Waals surface area contributed by atoms with Gasteiger partial charge in [0.2, 0.25) is 0 Å². The Bertz CT molecular complexity index is 639. The summed E-state index contributed by atoms with van der Waals surface area (Å²) in [4.78, 5) is 14.2. The summed E-state index contributed by atoms with van der Waals surface area (Å²) in [5, 5.41) is 10.3. The summed E-state index contributed by atoms with van der Waals surface area (Å²) in [6.45, 7) is 0. The molecule has 3 nitrogen and oxygen atoms in total. The van der Waals surface area contributed by atoms with Crippen LogP contribution in [-0.4, -0.2) is 23.0 Å². The normalized spacial score (nSPS) is 18.1. The summed E-state index contributed by atoms with van der Waals surface area (Å²) >= 11 is 0. The van der Waals surface area contributed by atoms with E-state index in [1.807, 2.05) is 30.3 Å². The summed E-state index contributed by atoms with van der Waals surface area (Å²) in [6.07, 6.45) is 0.812. The number of aliphatic hydroxyl groups excluding tert-OH is 1. The summed E-state index contributed by atoms with van der Waals surface area (Å²) in [7, 11) is 1.78. The number of hydrogen-bond acceptors (Lipinski definition) is 2. The Morgan fingerprint density at radius 2 is 1.81 bits per heavy atom. The zero-order valence-electron chi connectivity index (χ0n) is 12.1. The van der Waals surface area contributed by atoms with E-state index in [1.165, 1.54) is 11.1 Å². The number of carbonyl (C=O) groups excluding carboxylic acids is 1. The van der Waals surface area contributed by atoms with Gasteiger partial charge in [-0.3, -0.25) is 4.79 Å². The molecule has 2 aromatic carbocycles. The molecule has 0 fully saturated rings. The van der Waals surface area contributed by atoms with Crippen molar-refractivity contribution in [3.8, 4) is 0 Å². The van der Waals surface area contributed by atoms with Crippen molar-refractivity contribution in [1.82, 2.24) is 4.90 Å². The lowest BCUT2D eigenvalue weighted by atomic mass is 10.0. The van der Waals surface area contributed by atoms with Crippen LogP contribution < -0.4 is 0 Å². The molecule has 0 spiro atoms. The van der Waals surface area contributed by atoms with E-state index in [4.69, 9.17) is 0 Å². The second-order valence-corrected chi connectivity index (χ2v) is 5.52. The second kappa shape index (κ2) is 5.70. The number of likely N-dealkylation sites (N-methyl/N-ethyl adjacent to an activating group) is 1. The number of aryl methyl sites for hydroxylation is 1. The Morgan fingerprint density at radius 1 is 1.14 bits per heavy atom. The zero-order chi connectivity index (χ0) is 14.8. The molecule has 2 unspecified atom stereocenters. The standard InChI is InChI=1S/C18H19NO2/c1-19(16-12-11-13-7-5-6-10-15(13)16)18(21)17(20)14-8-3-2-4-9-14/h2-10,16-17,20H,11-12H2,1H3. The summed E-state index contributed by atoms with van der Waals surface area (Å²) in [5.41, 5.74) is 3.14. The summed E-state index contributed by atoms with van der Waals surface area (Å²) in [5.74, 6) is -0.247. The van der Waals surface area contributed by atoms with Gasteiger partial charge in [0.15, 0.2) is 6.10 Å². The predicted molar refractivity (Wildman–Crippen MR) is 81.7 cm³/mol. The van der Waals surface area contributed by atoms with E-state index in [0.717, 1.165) is 12.8 Å². The molecule has 21 heavy (non-hydrogen) atoms. The molecule has 0 heterocycles. The van der Waals surface area contributed by atoms with Crippen LogP contribution in [0.1, 0.15) is 35.3 Å². The van der Waals surface area contributed by atoms with Crippen molar-refractivity contribution in [3.05, 3.63) is 71.3 Å². The van der Waals surface area contributed by atoms with Crippen molar-refractivity contribution >= 4 is 5.91 Å². The lowest BCUT2D eigenvalue weighted by Gasteiger charge is -2.27. The fraction of sp³-hybridized carbons (Fsp3) is 0.278. The third-order valence-electron chi connectivity index (χ3n) is 4.27. The van der Waals surface area contributed by atoms with Crippen LogP contribution in [-0.2, 0) is 11.2 Å². The number of rotatable bonds is 3. The number of benzene rings is 2. The van der Waals surface area contributed by atoms with Gasteiger partial charge in [-0.2, -0.15) is 0 Å². The van der Waals surface area contributed by atoms with E-state index >= 15 is 0 Å². The molecule has 0 aliphatic heterocycles. The molecule has 0 radical (unpaired) electrons. The fourth-order valence-electron chi connectivity index (χ4n) is 3.06. The fourth-order valence-corrected chi connectivity index (χ4v) is 3.06. The van der Waals surface area contributed by atoms with E-state index in [1.54, 1.807) is 24.1 Å². The predicted octanol–water partition coefficient (Wildman–Crippen LogP) is 2.87. The molecule has 0 saturated carbocycles. The van der Waals surface area contributed by atoms with Gasteiger partial charge in [0.25, 0.3) is 5.91 Å². The van der Waals surface area contributed by atoms with Crippen LogP contribution >= 0.6 is 0 Å².